The number of rotatable bonds is 4. The van der Waals surface area contributed by atoms with Gasteiger partial charge in [0.1, 0.15) is 12.2 Å². The Balaban J connectivity index is 1.64. The number of esters is 1. The van der Waals surface area contributed by atoms with Gasteiger partial charge in [-0.1, -0.05) is 19.9 Å². The number of ether oxygens (including phenoxy) is 1. The maximum absolute atomic E-state index is 17.4. The van der Waals surface area contributed by atoms with Crippen LogP contribution >= 0.6 is 11.8 Å². The largest absolute Gasteiger partial charge is 0.457 e. The number of halogens is 3. The molecule has 10 heteroatoms. The quantitative estimate of drug-likeness (QED) is 0.544. The Morgan fingerprint density at radius 2 is 2.00 bits per heavy atom. The van der Waals surface area contributed by atoms with Crippen molar-refractivity contribution in [3.63, 3.8) is 0 Å². The number of carbonyl (C=O) groups excluding carboxylic acids is 3. The van der Waals surface area contributed by atoms with Crippen LogP contribution in [-0.4, -0.2) is 51.5 Å². The van der Waals surface area contributed by atoms with Crippen LogP contribution in [0.4, 0.5) is 13.2 Å². The average molecular weight is 539 g/mol. The molecule has 0 aromatic carbocycles. The summed E-state index contributed by atoms with van der Waals surface area (Å²) >= 11 is 0.352. The zero-order chi connectivity index (χ0) is 27.0. The molecule has 0 spiro atoms. The van der Waals surface area contributed by atoms with E-state index in [1.54, 1.807) is 13.8 Å². The number of carbonyl (C=O) groups is 3. The van der Waals surface area contributed by atoms with E-state index in [9.17, 15) is 23.9 Å². The molecule has 5 rings (SSSR count). The van der Waals surface area contributed by atoms with Crippen LogP contribution in [0.15, 0.2) is 46.6 Å². The summed E-state index contributed by atoms with van der Waals surface area (Å²) in [4.78, 5) is 38.7. The second-order valence-electron chi connectivity index (χ2n) is 11.1. The topological polar surface area (TPSA) is 93.8 Å². The fourth-order valence-corrected chi connectivity index (χ4v) is 8.76. The van der Waals surface area contributed by atoms with Crippen molar-refractivity contribution in [2.45, 2.75) is 63.6 Å². The van der Waals surface area contributed by atoms with Crippen LogP contribution in [-0.2, 0) is 14.3 Å². The zero-order valence-electron chi connectivity index (χ0n) is 20.7. The van der Waals surface area contributed by atoms with Crippen LogP contribution in [0.1, 0.15) is 50.6 Å². The lowest BCUT2D eigenvalue weighted by atomic mass is 9.44. The van der Waals surface area contributed by atoms with Crippen LogP contribution in [0.2, 0.25) is 0 Å². The van der Waals surface area contributed by atoms with E-state index in [0.717, 1.165) is 6.08 Å². The summed E-state index contributed by atoms with van der Waals surface area (Å²) in [7, 11) is 0. The first-order valence-electron chi connectivity index (χ1n) is 12.3. The van der Waals surface area contributed by atoms with Crippen LogP contribution in [0.3, 0.4) is 0 Å². The van der Waals surface area contributed by atoms with Gasteiger partial charge in [0.05, 0.1) is 12.4 Å². The standard InChI is InChI=1S/C27H29F3O6S/c1-14-9-16-17-11-19(29)18-10-15(31)6-7-24(18,2)26(17,30)21(32)12-25(16,3)27(14,23(34)37-13-28)36-22(33)20-5-4-8-35-20/h4-8,10,14,16-17,19,21,32H,9,11-13H2,1-3H3/t14-,16?,17?,19+,21+,24+,25+,26+,27+/m1/s1. The first-order valence-corrected chi connectivity index (χ1v) is 13.3. The van der Waals surface area contributed by atoms with Gasteiger partial charge in [-0.2, -0.15) is 0 Å². The van der Waals surface area contributed by atoms with E-state index >= 15 is 8.78 Å². The Bertz CT molecular complexity index is 1200. The molecule has 0 amide bonds. The molecular weight excluding hydrogens is 509 g/mol. The van der Waals surface area contributed by atoms with E-state index in [2.05, 4.69) is 0 Å². The summed E-state index contributed by atoms with van der Waals surface area (Å²) < 4.78 is 57.5. The highest BCUT2D eigenvalue weighted by Gasteiger charge is 2.78. The molecule has 0 aliphatic heterocycles. The molecule has 3 saturated carbocycles. The minimum absolute atomic E-state index is 0.00739. The Morgan fingerprint density at radius 3 is 2.65 bits per heavy atom. The summed E-state index contributed by atoms with van der Waals surface area (Å²) in [6.45, 7) is 4.79. The van der Waals surface area contributed by atoms with Gasteiger partial charge in [-0.05, 0) is 73.7 Å². The smallest absolute Gasteiger partial charge is 0.375 e. The van der Waals surface area contributed by atoms with Crippen LogP contribution in [0.5, 0.6) is 0 Å². The fourth-order valence-electron chi connectivity index (χ4n) is 7.97. The number of aliphatic hydroxyl groups excluding tert-OH is 1. The lowest BCUT2D eigenvalue weighted by Gasteiger charge is -2.63. The van der Waals surface area contributed by atoms with Crippen LogP contribution in [0, 0.1) is 28.6 Å². The highest BCUT2D eigenvalue weighted by Crippen LogP contribution is 2.72. The molecule has 200 valence electrons. The Hall–Kier alpha value is -2.33. The van der Waals surface area contributed by atoms with E-state index in [4.69, 9.17) is 9.15 Å². The minimum Gasteiger partial charge on any atom is -0.457 e. The molecular formula is C27H29F3O6S. The summed E-state index contributed by atoms with van der Waals surface area (Å²) in [5.74, 6) is -3.98. The molecule has 0 saturated heterocycles. The number of alkyl halides is 3. The SMILES string of the molecule is C[C@@H]1CC2C3C[C@H](F)C4=CC(=O)C=C[C@]4(C)[C@@]3(F)[C@@H](O)C[C@]2(C)[C@@]1(OC(=O)c1ccco1)C(=O)SCF. The second-order valence-corrected chi connectivity index (χ2v) is 12.0. The number of thioether (sulfide) groups is 1. The Labute approximate surface area is 216 Å². The van der Waals surface area contributed by atoms with Crippen molar-refractivity contribution in [1.82, 2.24) is 0 Å². The molecule has 0 radical (unpaired) electrons. The fraction of sp³-hybridized carbons (Fsp3) is 0.593. The van der Waals surface area contributed by atoms with Crippen molar-refractivity contribution in [2.24, 2.45) is 28.6 Å². The predicted molar refractivity (Wildman–Crippen MR) is 129 cm³/mol. The predicted octanol–water partition coefficient (Wildman–Crippen LogP) is 4.93. The molecule has 3 fully saturated rings. The van der Waals surface area contributed by atoms with E-state index in [1.807, 2.05) is 0 Å². The number of furan rings is 1. The maximum atomic E-state index is 17.4. The third kappa shape index (κ3) is 3.27. The average Bonchev–Trinajstić information content (AvgIpc) is 3.45. The van der Waals surface area contributed by atoms with Gasteiger partial charge in [0.2, 0.25) is 10.9 Å². The van der Waals surface area contributed by atoms with Gasteiger partial charge in [0.15, 0.2) is 17.1 Å². The van der Waals surface area contributed by atoms with E-state index < -0.39 is 75.0 Å². The number of ketones is 1. The minimum atomic E-state index is -2.35. The summed E-state index contributed by atoms with van der Waals surface area (Å²) in [5, 5.41) is 10.7. The van der Waals surface area contributed by atoms with Gasteiger partial charge in [-0.15, -0.1) is 0 Å². The molecule has 0 bridgehead atoms. The summed E-state index contributed by atoms with van der Waals surface area (Å²) in [6, 6.07) is 1.78. The number of fused-ring (bicyclic) bond motifs is 5. The number of hydrogen-bond donors (Lipinski definition) is 1. The lowest BCUT2D eigenvalue weighted by Crippen LogP contribution is -2.70. The highest BCUT2D eigenvalue weighted by atomic mass is 32.2. The number of allylic oxidation sites excluding steroid dienone is 4. The Kier molecular flexibility index (Phi) is 6.10. The lowest BCUT2D eigenvalue weighted by molar-refractivity contribution is -0.221. The van der Waals surface area contributed by atoms with E-state index in [1.165, 1.54) is 37.5 Å². The monoisotopic (exact) mass is 538 g/mol. The maximum Gasteiger partial charge on any atom is 0.375 e. The third-order valence-corrected chi connectivity index (χ3v) is 10.3. The van der Waals surface area contributed by atoms with Gasteiger partial charge < -0.3 is 14.3 Å². The molecule has 37 heavy (non-hydrogen) atoms. The first kappa shape index (κ1) is 26.3. The van der Waals surface area contributed by atoms with E-state index in [0.29, 0.717) is 11.8 Å². The van der Waals surface area contributed by atoms with Gasteiger partial charge in [-0.25, -0.2) is 18.0 Å². The molecule has 9 atom stereocenters. The van der Waals surface area contributed by atoms with Crippen molar-refractivity contribution < 1.29 is 41.8 Å². The van der Waals surface area contributed by atoms with Gasteiger partial charge >= 0.3 is 5.97 Å². The molecule has 6 nitrogen and oxygen atoms in total. The molecule has 1 N–H and O–H groups in total. The Morgan fingerprint density at radius 1 is 1.27 bits per heavy atom. The summed E-state index contributed by atoms with van der Waals surface area (Å²) in [6.07, 6.45) is 1.16. The number of hydrogen-bond acceptors (Lipinski definition) is 7. The molecule has 4 aliphatic rings. The first-order chi connectivity index (χ1) is 17.4. The molecule has 1 heterocycles. The second kappa shape index (κ2) is 8.59. The van der Waals surface area contributed by atoms with Gasteiger partial charge in [-0.3, -0.25) is 9.59 Å². The van der Waals surface area contributed by atoms with Crippen molar-refractivity contribution in [1.29, 1.82) is 0 Å². The molecule has 1 aromatic rings. The highest BCUT2D eigenvalue weighted by molar-refractivity contribution is 8.13. The molecule has 4 aliphatic carbocycles. The number of aliphatic hydroxyl groups is 1. The summed E-state index contributed by atoms with van der Waals surface area (Å²) in [5.41, 5.74) is -7.19. The van der Waals surface area contributed by atoms with Crippen molar-refractivity contribution >= 4 is 28.6 Å². The van der Waals surface area contributed by atoms with E-state index in [-0.39, 0.29) is 30.6 Å². The van der Waals surface area contributed by atoms with Crippen molar-refractivity contribution in [3.8, 4) is 0 Å². The zero-order valence-corrected chi connectivity index (χ0v) is 21.5. The van der Waals surface area contributed by atoms with Crippen LogP contribution in [0.25, 0.3) is 0 Å². The van der Waals surface area contributed by atoms with Crippen molar-refractivity contribution in [2.75, 3.05) is 6.01 Å². The third-order valence-electron chi connectivity index (χ3n) is 9.63. The normalized spacial score (nSPS) is 44.5. The molecule has 2 unspecified atom stereocenters. The van der Waals surface area contributed by atoms with Gasteiger partial charge in [0.25, 0.3) is 0 Å². The van der Waals surface area contributed by atoms with Crippen LogP contribution < -0.4 is 0 Å². The molecule has 1 aromatic heterocycles. The van der Waals surface area contributed by atoms with Gasteiger partial charge in [0, 0.05) is 22.7 Å². The van der Waals surface area contributed by atoms with Crippen molar-refractivity contribution in [3.05, 3.63) is 48.0 Å².